The molecule has 0 N–H and O–H groups in total. The predicted octanol–water partition coefficient (Wildman–Crippen LogP) is 5.28. The summed E-state index contributed by atoms with van der Waals surface area (Å²) in [5, 5.41) is 3.90. The smallest absolute Gasteiger partial charge is 0.410 e. The Kier molecular flexibility index (Phi) is 6.60. The Labute approximate surface area is 191 Å². The highest BCUT2D eigenvalue weighted by atomic mass is 79.9. The number of amides is 1. The summed E-state index contributed by atoms with van der Waals surface area (Å²) in [6.07, 6.45) is 0.498. The second kappa shape index (κ2) is 8.73. The van der Waals surface area contributed by atoms with Gasteiger partial charge in [0.15, 0.2) is 0 Å². The molecular weight excluding hydrogens is 462 g/mol. The molecule has 168 valence electrons. The first-order chi connectivity index (χ1) is 14.3. The van der Waals surface area contributed by atoms with Gasteiger partial charge in [0, 0.05) is 35.3 Å². The predicted molar refractivity (Wildman–Crippen MR) is 120 cm³/mol. The second-order valence-electron chi connectivity index (χ2n) is 10.0. The summed E-state index contributed by atoms with van der Waals surface area (Å²) in [6.45, 7) is 12.3. The van der Waals surface area contributed by atoms with E-state index in [9.17, 15) is 9.59 Å². The molecule has 3 rings (SSSR count). The number of hydrogen-bond donors (Lipinski definition) is 0. The third-order valence-corrected chi connectivity index (χ3v) is 5.53. The molecule has 1 aromatic heterocycles. The Morgan fingerprint density at radius 1 is 1.23 bits per heavy atom. The fourth-order valence-corrected chi connectivity index (χ4v) is 3.93. The molecule has 1 aliphatic rings. The number of halogens is 1. The number of ether oxygens (including phenoxy) is 1. The minimum absolute atomic E-state index is 0.0802. The number of carbonyl (C=O) groups is 2. The van der Waals surface area contributed by atoms with Crippen LogP contribution in [0.4, 0.5) is 4.79 Å². The fraction of sp³-hybridized carbons (Fsp3) is 0.565. The fourth-order valence-electron chi connectivity index (χ4n) is 3.52. The van der Waals surface area contributed by atoms with Gasteiger partial charge in [-0.25, -0.2) is 4.79 Å². The van der Waals surface area contributed by atoms with E-state index in [2.05, 4.69) is 32.1 Å². The van der Waals surface area contributed by atoms with Gasteiger partial charge in [-0.05, 0) is 50.5 Å². The van der Waals surface area contributed by atoms with Crippen molar-refractivity contribution >= 4 is 27.8 Å². The van der Waals surface area contributed by atoms with E-state index in [1.807, 2.05) is 53.7 Å². The van der Waals surface area contributed by atoms with Crippen molar-refractivity contribution in [3.05, 3.63) is 45.5 Å². The monoisotopic (exact) mass is 491 g/mol. The normalized spacial score (nSPS) is 17.1. The Morgan fingerprint density at radius 3 is 2.55 bits per heavy atom. The number of carbonyl (C=O) groups excluding carboxylic acids is 2. The van der Waals surface area contributed by atoms with E-state index < -0.39 is 5.60 Å². The van der Waals surface area contributed by atoms with E-state index in [4.69, 9.17) is 9.26 Å². The summed E-state index contributed by atoms with van der Waals surface area (Å²) in [5.41, 5.74) is 1.25. The number of nitrogens with zero attached hydrogens (tertiary/aromatic N) is 3. The van der Waals surface area contributed by atoms with Crippen LogP contribution in [-0.2, 0) is 16.6 Å². The molecule has 0 bridgehead atoms. The maximum Gasteiger partial charge on any atom is 0.410 e. The Bertz CT molecular complexity index is 972. The largest absolute Gasteiger partial charge is 0.444 e. The first-order valence-corrected chi connectivity index (χ1v) is 11.3. The van der Waals surface area contributed by atoms with Gasteiger partial charge in [0.05, 0.1) is 0 Å². The molecule has 1 aliphatic heterocycles. The van der Waals surface area contributed by atoms with E-state index in [1.54, 1.807) is 4.90 Å². The highest BCUT2D eigenvalue weighted by molar-refractivity contribution is 9.10. The standard InChI is InChI=1S/C23H30BrN3O4/c1-22(2,3)20-25-19(26-31-20)18(28)12-15-13-27(21(29)30-23(4,5)6)10-9-14-11-16(24)7-8-17(14)15/h7-8,11,15H,9-10,12-13H2,1-6H3. The molecule has 0 radical (unpaired) electrons. The summed E-state index contributed by atoms with van der Waals surface area (Å²) in [5.74, 6) is 0.111. The van der Waals surface area contributed by atoms with Crippen molar-refractivity contribution in [3.8, 4) is 0 Å². The topological polar surface area (TPSA) is 85.5 Å². The van der Waals surface area contributed by atoms with Crippen molar-refractivity contribution in [2.45, 2.75) is 71.3 Å². The van der Waals surface area contributed by atoms with E-state index in [0.29, 0.717) is 25.4 Å². The molecule has 1 aromatic carbocycles. The number of rotatable bonds is 3. The number of aromatic nitrogens is 2. The minimum atomic E-state index is -0.585. The van der Waals surface area contributed by atoms with Gasteiger partial charge in [-0.1, -0.05) is 47.9 Å². The van der Waals surface area contributed by atoms with Crippen molar-refractivity contribution in [3.63, 3.8) is 0 Å². The van der Waals surface area contributed by atoms with Gasteiger partial charge < -0.3 is 14.2 Å². The van der Waals surface area contributed by atoms with Crippen LogP contribution in [0.1, 0.15) is 81.5 Å². The van der Waals surface area contributed by atoms with Crippen LogP contribution in [0.5, 0.6) is 0 Å². The summed E-state index contributed by atoms with van der Waals surface area (Å²) >= 11 is 3.52. The zero-order valence-electron chi connectivity index (χ0n) is 19.0. The third-order valence-electron chi connectivity index (χ3n) is 5.04. The lowest BCUT2D eigenvalue weighted by Crippen LogP contribution is -2.39. The molecule has 0 saturated heterocycles. The van der Waals surface area contributed by atoms with Gasteiger partial charge >= 0.3 is 6.09 Å². The number of hydrogen-bond acceptors (Lipinski definition) is 6. The second-order valence-corrected chi connectivity index (χ2v) is 10.9. The molecule has 2 aromatic rings. The number of benzene rings is 1. The van der Waals surface area contributed by atoms with Crippen molar-refractivity contribution in [2.24, 2.45) is 0 Å². The Morgan fingerprint density at radius 2 is 1.94 bits per heavy atom. The van der Waals surface area contributed by atoms with Gasteiger partial charge in [-0.15, -0.1) is 0 Å². The van der Waals surface area contributed by atoms with Crippen LogP contribution in [0.3, 0.4) is 0 Å². The first-order valence-electron chi connectivity index (χ1n) is 10.5. The maximum atomic E-state index is 13.0. The lowest BCUT2D eigenvalue weighted by Gasteiger charge is -2.28. The van der Waals surface area contributed by atoms with E-state index in [-0.39, 0.29) is 35.5 Å². The van der Waals surface area contributed by atoms with Crippen LogP contribution < -0.4 is 0 Å². The minimum Gasteiger partial charge on any atom is -0.444 e. The van der Waals surface area contributed by atoms with Crippen LogP contribution in [0, 0.1) is 0 Å². The molecular formula is C23H30BrN3O4. The molecule has 1 amide bonds. The van der Waals surface area contributed by atoms with Gasteiger partial charge in [0.2, 0.25) is 17.5 Å². The molecule has 0 saturated carbocycles. The van der Waals surface area contributed by atoms with Gasteiger partial charge in [0.25, 0.3) is 0 Å². The molecule has 7 nitrogen and oxygen atoms in total. The molecule has 2 heterocycles. The number of fused-ring (bicyclic) bond motifs is 1. The molecule has 0 aliphatic carbocycles. The summed E-state index contributed by atoms with van der Waals surface area (Å²) < 4.78 is 11.8. The van der Waals surface area contributed by atoms with Crippen molar-refractivity contribution < 1.29 is 18.8 Å². The highest BCUT2D eigenvalue weighted by Crippen LogP contribution is 2.32. The van der Waals surface area contributed by atoms with Crippen LogP contribution in [0.2, 0.25) is 0 Å². The van der Waals surface area contributed by atoms with E-state index in [0.717, 1.165) is 15.6 Å². The molecule has 0 fully saturated rings. The van der Waals surface area contributed by atoms with Crippen molar-refractivity contribution in [2.75, 3.05) is 13.1 Å². The first kappa shape index (κ1) is 23.4. The van der Waals surface area contributed by atoms with E-state index >= 15 is 0 Å². The number of ketones is 1. The maximum absolute atomic E-state index is 13.0. The summed E-state index contributed by atoms with van der Waals surface area (Å²) in [6, 6.07) is 6.04. The van der Waals surface area contributed by atoms with Crippen molar-refractivity contribution in [1.82, 2.24) is 15.0 Å². The van der Waals surface area contributed by atoms with Crippen LogP contribution in [0.25, 0.3) is 0 Å². The van der Waals surface area contributed by atoms with E-state index in [1.165, 1.54) is 0 Å². The Balaban J connectivity index is 1.86. The molecule has 31 heavy (non-hydrogen) atoms. The van der Waals surface area contributed by atoms with Gasteiger partial charge in [-0.2, -0.15) is 4.98 Å². The lowest BCUT2D eigenvalue weighted by atomic mass is 9.90. The average molecular weight is 492 g/mol. The lowest BCUT2D eigenvalue weighted by molar-refractivity contribution is 0.0243. The third kappa shape index (κ3) is 5.93. The highest BCUT2D eigenvalue weighted by Gasteiger charge is 2.32. The number of Topliss-reactive ketones (excluding diaryl/α,β-unsaturated/α-hetero) is 1. The van der Waals surface area contributed by atoms with Crippen LogP contribution >= 0.6 is 15.9 Å². The molecule has 1 atom stereocenters. The zero-order valence-corrected chi connectivity index (χ0v) is 20.6. The molecule has 1 unspecified atom stereocenters. The van der Waals surface area contributed by atoms with Crippen LogP contribution in [-0.4, -0.2) is 45.6 Å². The average Bonchev–Trinajstić information content (AvgIpc) is 3.07. The van der Waals surface area contributed by atoms with Crippen molar-refractivity contribution in [1.29, 1.82) is 0 Å². The van der Waals surface area contributed by atoms with Gasteiger partial charge in [0.1, 0.15) is 5.60 Å². The van der Waals surface area contributed by atoms with Crippen LogP contribution in [0.15, 0.2) is 27.2 Å². The zero-order chi connectivity index (χ0) is 23.0. The van der Waals surface area contributed by atoms with Gasteiger partial charge in [-0.3, -0.25) is 4.79 Å². The summed E-state index contributed by atoms with van der Waals surface area (Å²) in [7, 11) is 0. The Hall–Kier alpha value is -2.22. The quantitative estimate of drug-likeness (QED) is 0.542. The summed E-state index contributed by atoms with van der Waals surface area (Å²) in [4.78, 5) is 31.8. The molecule has 8 heteroatoms. The SMILES string of the molecule is CC(C)(C)OC(=O)N1CCc2cc(Br)ccc2C(CC(=O)c2noc(C(C)(C)C)n2)C1. The molecule has 0 spiro atoms.